The fraction of sp³-hybridized carbons (Fsp3) is 0.467. The Bertz CT molecular complexity index is 453. The highest BCUT2D eigenvalue weighted by Crippen LogP contribution is 2.25. The molecular weight excluding hydrogens is 260 g/mol. The fourth-order valence-corrected chi connectivity index (χ4v) is 1.62. The molecule has 1 aromatic rings. The second kappa shape index (κ2) is 8.32. The smallest absolute Gasteiger partial charge is 0.337 e. The third kappa shape index (κ3) is 5.40. The minimum Gasteiger partial charge on any atom is -0.464 e. The lowest BCUT2D eigenvalue weighted by atomic mass is 10.0. The predicted octanol–water partition coefficient (Wildman–Crippen LogP) is 2.30. The average Bonchev–Trinajstić information content (AvgIpc) is 2.39. The summed E-state index contributed by atoms with van der Waals surface area (Å²) in [5, 5.41) is 0. The summed E-state index contributed by atoms with van der Waals surface area (Å²) in [6.45, 7) is 5.48. The summed E-state index contributed by atoms with van der Waals surface area (Å²) < 4.78 is 14.8. The van der Waals surface area contributed by atoms with E-state index < -0.39 is 11.9 Å². The summed E-state index contributed by atoms with van der Waals surface area (Å²) in [6.07, 6.45) is 0. The topological polar surface area (TPSA) is 61.8 Å². The van der Waals surface area contributed by atoms with Crippen molar-refractivity contribution in [2.24, 2.45) is 0 Å². The molecule has 0 aliphatic rings. The lowest BCUT2D eigenvalue weighted by molar-refractivity contribution is -0.151. The van der Waals surface area contributed by atoms with Crippen molar-refractivity contribution >= 4 is 11.9 Å². The molecule has 0 aromatic heterocycles. The van der Waals surface area contributed by atoms with Gasteiger partial charge in [-0.25, -0.2) is 9.59 Å². The van der Waals surface area contributed by atoms with E-state index in [9.17, 15) is 9.59 Å². The molecule has 0 saturated heterocycles. The van der Waals surface area contributed by atoms with E-state index in [1.807, 2.05) is 26.0 Å². The maximum atomic E-state index is 11.6. The molecular formula is C15H20O5. The number of carbonyl (C=O) groups is 2. The van der Waals surface area contributed by atoms with Crippen molar-refractivity contribution in [2.75, 3.05) is 19.8 Å². The number of carbonyl (C=O) groups excluding carboxylic acids is 2. The average molecular weight is 280 g/mol. The largest absolute Gasteiger partial charge is 0.464 e. The molecule has 0 heterocycles. The molecule has 0 aliphatic heterocycles. The Morgan fingerprint density at radius 1 is 1.10 bits per heavy atom. The van der Waals surface area contributed by atoms with Crippen LogP contribution in [0.4, 0.5) is 0 Å². The highest BCUT2D eigenvalue weighted by atomic mass is 16.6. The van der Waals surface area contributed by atoms with Crippen LogP contribution in [0, 0.1) is 0 Å². The van der Waals surface area contributed by atoms with Crippen LogP contribution in [0.25, 0.3) is 0 Å². The van der Waals surface area contributed by atoms with Gasteiger partial charge in [-0.15, -0.1) is 0 Å². The molecule has 0 atom stereocenters. The van der Waals surface area contributed by atoms with E-state index in [1.54, 1.807) is 19.1 Å². The molecule has 0 N–H and O–H groups in total. The second-order valence-electron chi connectivity index (χ2n) is 4.46. The van der Waals surface area contributed by atoms with Crippen molar-refractivity contribution < 1.29 is 23.8 Å². The maximum absolute atomic E-state index is 11.6. The SMILES string of the molecule is CCOC(=O)COCC(=O)Oc1ccccc1C(C)C. The highest BCUT2D eigenvalue weighted by molar-refractivity contribution is 5.75. The van der Waals surface area contributed by atoms with Crippen LogP contribution < -0.4 is 4.74 Å². The molecule has 0 radical (unpaired) electrons. The second-order valence-corrected chi connectivity index (χ2v) is 4.46. The number of rotatable bonds is 7. The molecule has 0 unspecified atom stereocenters. The summed E-state index contributed by atoms with van der Waals surface area (Å²) in [6, 6.07) is 7.34. The molecule has 5 nitrogen and oxygen atoms in total. The fourth-order valence-electron chi connectivity index (χ4n) is 1.62. The summed E-state index contributed by atoms with van der Waals surface area (Å²) >= 11 is 0. The number of hydrogen-bond acceptors (Lipinski definition) is 5. The van der Waals surface area contributed by atoms with Gasteiger partial charge in [0.25, 0.3) is 0 Å². The van der Waals surface area contributed by atoms with E-state index in [2.05, 4.69) is 4.74 Å². The van der Waals surface area contributed by atoms with Crippen LogP contribution in [0.3, 0.4) is 0 Å². The molecule has 0 spiro atoms. The van der Waals surface area contributed by atoms with Gasteiger partial charge in [0.15, 0.2) is 0 Å². The molecule has 5 heteroatoms. The van der Waals surface area contributed by atoms with Crippen LogP contribution in [0.1, 0.15) is 32.3 Å². The molecule has 0 amide bonds. The molecule has 0 saturated carbocycles. The first-order chi connectivity index (χ1) is 9.54. The number of benzene rings is 1. The highest BCUT2D eigenvalue weighted by Gasteiger charge is 2.12. The quantitative estimate of drug-likeness (QED) is 0.566. The first kappa shape index (κ1) is 16.2. The Kier molecular flexibility index (Phi) is 6.73. The summed E-state index contributed by atoms with van der Waals surface area (Å²) in [5.41, 5.74) is 0.950. The van der Waals surface area contributed by atoms with E-state index >= 15 is 0 Å². The van der Waals surface area contributed by atoms with Gasteiger partial charge in [-0.05, 0) is 24.5 Å². The van der Waals surface area contributed by atoms with Crippen molar-refractivity contribution in [1.29, 1.82) is 0 Å². The van der Waals surface area contributed by atoms with E-state index in [0.29, 0.717) is 5.75 Å². The van der Waals surface area contributed by atoms with E-state index in [4.69, 9.17) is 9.47 Å². The van der Waals surface area contributed by atoms with Crippen molar-refractivity contribution in [3.05, 3.63) is 29.8 Å². The van der Waals surface area contributed by atoms with Gasteiger partial charge in [-0.1, -0.05) is 32.0 Å². The number of esters is 2. The van der Waals surface area contributed by atoms with Crippen molar-refractivity contribution in [1.82, 2.24) is 0 Å². The van der Waals surface area contributed by atoms with Gasteiger partial charge in [0.2, 0.25) is 0 Å². The minimum absolute atomic E-state index is 0.249. The number of para-hydroxylation sites is 1. The molecule has 110 valence electrons. The summed E-state index contributed by atoms with van der Waals surface area (Å²) in [5.74, 6) is -0.267. The van der Waals surface area contributed by atoms with Gasteiger partial charge in [0, 0.05) is 0 Å². The third-order valence-corrected chi connectivity index (χ3v) is 2.51. The maximum Gasteiger partial charge on any atom is 0.337 e. The zero-order valence-corrected chi connectivity index (χ0v) is 12.0. The molecule has 1 rings (SSSR count). The first-order valence-corrected chi connectivity index (χ1v) is 6.57. The van der Waals surface area contributed by atoms with Gasteiger partial charge in [-0.3, -0.25) is 0 Å². The zero-order chi connectivity index (χ0) is 15.0. The summed E-state index contributed by atoms with van der Waals surface area (Å²) in [7, 11) is 0. The number of hydrogen-bond donors (Lipinski definition) is 0. The molecule has 0 bridgehead atoms. The molecule has 0 aliphatic carbocycles. The van der Waals surface area contributed by atoms with Crippen LogP contribution in [0.5, 0.6) is 5.75 Å². The Morgan fingerprint density at radius 2 is 1.75 bits per heavy atom. The Morgan fingerprint density at radius 3 is 2.40 bits per heavy atom. The lowest BCUT2D eigenvalue weighted by Crippen LogP contribution is -2.20. The number of ether oxygens (including phenoxy) is 3. The summed E-state index contributed by atoms with van der Waals surface area (Å²) in [4.78, 5) is 22.7. The van der Waals surface area contributed by atoms with Crippen LogP contribution in [0.2, 0.25) is 0 Å². The third-order valence-electron chi connectivity index (χ3n) is 2.51. The van der Waals surface area contributed by atoms with E-state index in [-0.39, 0.29) is 25.7 Å². The Balaban J connectivity index is 2.45. The normalized spacial score (nSPS) is 10.4. The Labute approximate surface area is 118 Å². The molecule has 1 aromatic carbocycles. The van der Waals surface area contributed by atoms with Crippen molar-refractivity contribution in [2.45, 2.75) is 26.7 Å². The minimum atomic E-state index is -0.539. The zero-order valence-electron chi connectivity index (χ0n) is 12.0. The molecule has 20 heavy (non-hydrogen) atoms. The van der Waals surface area contributed by atoms with Crippen LogP contribution in [0.15, 0.2) is 24.3 Å². The predicted molar refractivity (Wildman–Crippen MR) is 73.6 cm³/mol. The van der Waals surface area contributed by atoms with Gasteiger partial charge >= 0.3 is 11.9 Å². The Hall–Kier alpha value is -1.88. The van der Waals surface area contributed by atoms with E-state index in [0.717, 1.165) is 5.56 Å². The van der Waals surface area contributed by atoms with E-state index in [1.165, 1.54) is 0 Å². The van der Waals surface area contributed by atoms with Crippen molar-refractivity contribution in [3.63, 3.8) is 0 Å². The lowest BCUT2D eigenvalue weighted by Gasteiger charge is -2.12. The standard InChI is InChI=1S/C15H20O5/c1-4-19-14(16)9-18-10-15(17)20-13-8-6-5-7-12(13)11(2)3/h5-8,11H,4,9-10H2,1-3H3. The van der Waals surface area contributed by atoms with Gasteiger partial charge < -0.3 is 14.2 Å². The van der Waals surface area contributed by atoms with Crippen molar-refractivity contribution in [3.8, 4) is 5.75 Å². The van der Waals surface area contributed by atoms with Crippen LogP contribution in [-0.4, -0.2) is 31.8 Å². The van der Waals surface area contributed by atoms with Gasteiger partial charge in [0.1, 0.15) is 19.0 Å². The monoisotopic (exact) mass is 280 g/mol. The first-order valence-electron chi connectivity index (χ1n) is 6.57. The van der Waals surface area contributed by atoms with Crippen LogP contribution >= 0.6 is 0 Å². The molecule has 0 fully saturated rings. The van der Waals surface area contributed by atoms with Gasteiger partial charge in [0.05, 0.1) is 6.61 Å². The van der Waals surface area contributed by atoms with Gasteiger partial charge in [-0.2, -0.15) is 0 Å². The van der Waals surface area contributed by atoms with Crippen LogP contribution in [-0.2, 0) is 19.1 Å².